The second-order valence-electron chi connectivity index (χ2n) is 7.52. The highest BCUT2D eigenvalue weighted by molar-refractivity contribution is 6.12. The van der Waals surface area contributed by atoms with Gasteiger partial charge in [0.05, 0.1) is 0 Å². The number of carboxylic acids is 1. The molecule has 0 aliphatic carbocycles. The van der Waals surface area contributed by atoms with Crippen molar-refractivity contribution in [1.29, 1.82) is 5.26 Å². The molecule has 0 spiro atoms. The monoisotopic (exact) mass is 449 g/mol. The van der Waals surface area contributed by atoms with E-state index < -0.39 is 11.9 Å². The van der Waals surface area contributed by atoms with Gasteiger partial charge in [-0.2, -0.15) is 5.26 Å². The molecule has 0 radical (unpaired) electrons. The van der Waals surface area contributed by atoms with Crippen LogP contribution in [0.5, 0.6) is 0 Å². The molecule has 0 saturated heterocycles. The second kappa shape index (κ2) is 9.67. The highest BCUT2D eigenvalue weighted by Crippen LogP contribution is 2.24. The van der Waals surface area contributed by atoms with Gasteiger partial charge < -0.3 is 15.0 Å². The third kappa shape index (κ3) is 4.76. The van der Waals surface area contributed by atoms with Gasteiger partial charge in [-0.1, -0.05) is 60.7 Å². The van der Waals surface area contributed by atoms with Gasteiger partial charge in [0.2, 0.25) is 0 Å². The van der Waals surface area contributed by atoms with Crippen molar-refractivity contribution >= 4 is 40.3 Å². The molecule has 0 atom stereocenters. The number of ketones is 1. The van der Waals surface area contributed by atoms with E-state index in [1.807, 2.05) is 12.1 Å². The fourth-order valence-electron chi connectivity index (χ4n) is 3.66. The average molecular weight is 449 g/mol. The molecule has 0 fully saturated rings. The summed E-state index contributed by atoms with van der Waals surface area (Å²) in [6, 6.07) is 24.4. The van der Waals surface area contributed by atoms with E-state index in [1.54, 1.807) is 83.6 Å². The summed E-state index contributed by atoms with van der Waals surface area (Å²) >= 11 is 0. The Hall–Kier alpha value is -4.96. The van der Waals surface area contributed by atoms with Crippen molar-refractivity contribution in [3.8, 4) is 6.07 Å². The molecule has 3 aromatic carbocycles. The molecular weight excluding hydrogens is 430 g/mol. The van der Waals surface area contributed by atoms with Gasteiger partial charge in [-0.25, -0.2) is 0 Å². The number of nitriles is 1. The molecule has 7 heteroatoms. The molecule has 0 unspecified atom stereocenters. The van der Waals surface area contributed by atoms with Crippen molar-refractivity contribution < 1.29 is 19.5 Å². The molecule has 1 heterocycles. The van der Waals surface area contributed by atoms with Gasteiger partial charge >= 0.3 is 5.97 Å². The zero-order chi connectivity index (χ0) is 24.1. The fraction of sp³-hybridized carbons (Fsp3) is 0.0370. The molecule has 4 rings (SSSR count). The number of fused-ring (bicyclic) bond motifs is 1. The number of hydrogen-bond acceptors (Lipinski definition) is 4. The van der Waals surface area contributed by atoms with Crippen LogP contribution in [0.1, 0.15) is 21.5 Å². The zero-order valence-corrected chi connectivity index (χ0v) is 17.9. The van der Waals surface area contributed by atoms with Crippen LogP contribution in [-0.2, 0) is 16.1 Å². The Morgan fingerprint density at radius 2 is 1.65 bits per heavy atom. The highest BCUT2D eigenvalue weighted by Gasteiger charge is 2.15. The third-order valence-electron chi connectivity index (χ3n) is 5.21. The van der Waals surface area contributed by atoms with E-state index >= 15 is 0 Å². The lowest BCUT2D eigenvalue weighted by Crippen LogP contribution is -2.14. The van der Waals surface area contributed by atoms with Gasteiger partial charge in [-0.3, -0.25) is 14.4 Å². The summed E-state index contributed by atoms with van der Waals surface area (Å²) in [5.41, 5.74) is 2.39. The minimum atomic E-state index is -1.00. The maximum absolute atomic E-state index is 12.8. The molecule has 1 aromatic heterocycles. The molecule has 34 heavy (non-hydrogen) atoms. The Bertz CT molecular complexity index is 1480. The lowest BCUT2D eigenvalue weighted by Gasteiger charge is -2.07. The van der Waals surface area contributed by atoms with Crippen LogP contribution in [0, 0.1) is 11.3 Å². The summed E-state index contributed by atoms with van der Waals surface area (Å²) in [6.45, 7) is -0.245. The van der Waals surface area contributed by atoms with Crippen LogP contribution in [0.4, 0.5) is 5.69 Å². The first-order valence-corrected chi connectivity index (χ1v) is 10.4. The van der Waals surface area contributed by atoms with Crippen LogP contribution in [0.3, 0.4) is 0 Å². The maximum Gasteiger partial charge on any atom is 0.323 e. The predicted molar refractivity (Wildman–Crippen MR) is 128 cm³/mol. The first-order chi connectivity index (χ1) is 16.5. The van der Waals surface area contributed by atoms with Crippen molar-refractivity contribution in [3.63, 3.8) is 0 Å². The van der Waals surface area contributed by atoms with Crippen molar-refractivity contribution in [2.45, 2.75) is 6.54 Å². The number of benzene rings is 3. The lowest BCUT2D eigenvalue weighted by molar-refractivity contribution is -0.137. The van der Waals surface area contributed by atoms with E-state index in [2.05, 4.69) is 5.32 Å². The SMILES string of the molecule is N#CC(=Cc1cn(CC(=O)O)c2ccccc12)C(=O)Nc1cccc(C(=O)c2ccccc2)c1. The Labute approximate surface area is 195 Å². The molecule has 0 aliphatic heterocycles. The van der Waals surface area contributed by atoms with E-state index in [4.69, 9.17) is 0 Å². The largest absolute Gasteiger partial charge is 0.480 e. The average Bonchev–Trinajstić information content (AvgIpc) is 3.19. The summed E-state index contributed by atoms with van der Waals surface area (Å²) in [5.74, 6) is -1.82. The zero-order valence-electron chi connectivity index (χ0n) is 17.9. The molecule has 1 amide bonds. The number of aromatic nitrogens is 1. The van der Waals surface area contributed by atoms with E-state index in [-0.39, 0.29) is 17.9 Å². The predicted octanol–water partition coefficient (Wildman–Crippen LogP) is 4.50. The normalized spacial score (nSPS) is 11.1. The number of nitrogens with zero attached hydrogens (tertiary/aromatic N) is 2. The van der Waals surface area contributed by atoms with Gasteiger partial charge in [0, 0.05) is 39.5 Å². The Morgan fingerprint density at radius 3 is 2.38 bits per heavy atom. The fourth-order valence-corrected chi connectivity index (χ4v) is 3.66. The molecule has 166 valence electrons. The molecule has 0 bridgehead atoms. The first kappa shape index (κ1) is 22.2. The number of carboxylic acid groups (broad SMARTS) is 1. The summed E-state index contributed by atoms with van der Waals surface area (Å²) in [7, 11) is 0. The second-order valence-corrected chi connectivity index (χ2v) is 7.52. The number of anilines is 1. The van der Waals surface area contributed by atoms with Gasteiger partial charge in [0.1, 0.15) is 18.2 Å². The van der Waals surface area contributed by atoms with Gasteiger partial charge in [0.25, 0.3) is 5.91 Å². The molecular formula is C27H19N3O4. The maximum atomic E-state index is 12.8. The number of carbonyl (C=O) groups is 3. The number of amides is 1. The Balaban J connectivity index is 1.61. The number of aliphatic carboxylic acids is 1. The van der Waals surface area contributed by atoms with Crippen molar-refractivity contribution in [2.24, 2.45) is 0 Å². The molecule has 0 saturated carbocycles. The number of nitrogens with one attached hydrogen (secondary N) is 1. The van der Waals surface area contributed by atoms with Crippen molar-refractivity contribution in [2.75, 3.05) is 5.32 Å². The van der Waals surface area contributed by atoms with E-state index in [9.17, 15) is 24.8 Å². The minimum absolute atomic E-state index is 0.155. The van der Waals surface area contributed by atoms with Gasteiger partial charge in [0.15, 0.2) is 5.78 Å². The van der Waals surface area contributed by atoms with Crippen LogP contribution in [-0.4, -0.2) is 27.3 Å². The summed E-state index contributed by atoms with van der Waals surface area (Å²) in [5, 5.41) is 22.2. The van der Waals surface area contributed by atoms with Crippen LogP contribution in [0.2, 0.25) is 0 Å². The molecule has 2 N–H and O–H groups in total. The van der Waals surface area contributed by atoms with Crippen molar-refractivity contribution in [1.82, 2.24) is 4.57 Å². The van der Waals surface area contributed by atoms with Crippen LogP contribution < -0.4 is 5.32 Å². The molecule has 7 nitrogen and oxygen atoms in total. The lowest BCUT2D eigenvalue weighted by atomic mass is 10.0. The Morgan fingerprint density at radius 1 is 0.941 bits per heavy atom. The smallest absolute Gasteiger partial charge is 0.323 e. The molecule has 4 aromatic rings. The summed E-state index contributed by atoms with van der Waals surface area (Å²) < 4.78 is 1.55. The van der Waals surface area contributed by atoms with Crippen LogP contribution in [0.15, 0.2) is 90.6 Å². The quantitative estimate of drug-likeness (QED) is 0.245. The molecule has 0 aliphatic rings. The van der Waals surface area contributed by atoms with Crippen LogP contribution in [0.25, 0.3) is 17.0 Å². The highest BCUT2D eigenvalue weighted by atomic mass is 16.4. The van der Waals surface area contributed by atoms with E-state index in [0.29, 0.717) is 27.9 Å². The minimum Gasteiger partial charge on any atom is -0.480 e. The number of rotatable bonds is 7. The van der Waals surface area contributed by atoms with Gasteiger partial charge in [-0.05, 0) is 24.3 Å². The number of hydrogen-bond donors (Lipinski definition) is 2. The number of carbonyl (C=O) groups excluding carboxylic acids is 2. The van der Waals surface area contributed by atoms with Crippen molar-refractivity contribution in [3.05, 3.63) is 107 Å². The Kier molecular flexibility index (Phi) is 6.33. The number of para-hydroxylation sites is 1. The standard InChI is InChI=1S/C27H19N3O4/c28-15-20(13-21-16-30(17-25(31)32)24-12-5-4-11-23(21)24)27(34)29-22-10-6-9-19(14-22)26(33)18-7-2-1-3-8-18/h1-14,16H,17H2,(H,29,34)(H,31,32). The summed E-state index contributed by atoms with van der Waals surface area (Å²) in [6.07, 6.45) is 3.03. The van der Waals surface area contributed by atoms with E-state index in [0.717, 1.165) is 5.39 Å². The first-order valence-electron chi connectivity index (χ1n) is 10.4. The van der Waals surface area contributed by atoms with Gasteiger partial charge in [-0.15, -0.1) is 0 Å². The summed E-state index contributed by atoms with van der Waals surface area (Å²) in [4.78, 5) is 36.7. The van der Waals surface area contributed by atoms with Crippen LogP contribution >= 0.6 is 0 Å². The third-order valence-corrected chi connectivity index (χ3v) is 5.21. The topological polar surface area (TPSA) is 112 Å². The van der Waals surface area contributed by atoms with E-state index in [1.165, 1.54) is 6.08 Å².